The molecule has 6 heteroatoms. The summed E-state index contributed by atoms with van der Waals surface area (Å²) in [4.78, 5) is 20.6. The fourth-order valence-electron chi connectivity index (χ4n) is 2.16. The molecule has 0 atom stereocenters. The fraction of sp³-hybridized carbons (Fsp3) is 0.333. The Kier molecular flexibility index (Phi) is 4.47. The van der Waals surface area contributed by atoms with E-state index in [0.29, 0.717) is 18.1 Å². The van der Waals surface area contributed by atoms with Crippen molar-refractivity contribution in [1.29, 1.82) is 0 Å². The van der Waals surface area contributed by atoms with Gasteiger partial charge in [0.1, 0.15) is 0 Å². The molecule has 0 aliphatic carbocycles. The Hall–Kier alpha value is -2.50. The van der Waals surface area contributed by atoms with Crippen molar-refractivity contribution in [3.8, 4) is 5.75 Å². The summed E-state index contributed by atoms with van der Waals surface area (Å²) < 4.78 is 5.20. The fourth-order valence-corrected chi connectivity index (χ4v) is 2.16. The first-order chi connectivity index (χ1) is 10.0. The highest BCUT2D eigenvalue weighted by Crippen LogP contribution is 2.25. The highest BCUT2D eigenvalue weighted by atomic mass is 16.5. The number of hydrogen-bond acceptors (Lipinski definition) is 5. The number of nitrogens with zero attached hydrogens (tertiary/aromatic N) is 2. The number of rotatable bonds is 5. The minimum atomic E-state index is -0.291. The molecule has 1 aromatic carbocycles. The van der Waals surface area contributed by atoms with Crippen molar-refractivity contribution in [3.05, 3.63) is 46.5 Å². The minimum Gasteiger partial charge on any atom is -0.489 e. The molecule has 0 radical (unpaired) electrons. The molecule has 2 rings (SSSR count). The van der Waals surface area contributed by atoms with Crippen molar-refractivity contribution in [1.82, 2.24) is 9.97 Å². The number of aromatic amines is 1. The second kappa shape index (κ2) is 6.30. The second-order valence-electron chi connectivity index (χ2n) is 5.06. The normalized spacial score (nSPS) is 10.7. The number of methoxy groups -OCH3 is 1. The van der Waals surface area contributed by atoms with E-state index in [-0.39, 0.29) is 17.4 Å². The summed E-state index contributed by atoms with van der Waals surface area (Å²) >= 11 is 0. The summed E-state index contributed by atoms with van der Waals surface area (Å²) in [7, 11) is 1.47. The van der Waals surface area contributed by atoms with Gasteiger partial charge in [-0.2, -0.15) is 0 Å². The molecule has 0 amide bonds. The molecule has 0 saturated carbocycles. The van der Waals surface area contributed by atoms with Crippen molar-refractivity contribution in [3.63, 3.8) is 0 Å². The summed E-state index contributed by atoms with van der Waals surface area (Å²) in [5.41, 5.74) is 7.28. The van der Waals surface area contributed by atoms with E-state index >= 15 is 0 Å². The smallest absolute Gasteiger partial charge is 0.295 e. The van der Waals surface area contributed by atoms with Crippen LogP contribution in [0.25, 0.3) is 0 Å². The third-order valence-corrected chi connectivity index (χ3v) is 3.20. The average Bonchev–Trinajstić information content (AvgIpc) is 2.44. The molecule has 6 nitrogen and oxygen atoms in total. The van der Waals surface area contributed by atoms with Crippen LogP contribution in [0, 0.1) is 0 Å². The topological polar surface area (TPSA) is 84.2 Å². The van der Waals surface area contributed by atoms with Crippen LogP contribution in [0.4, 0.5) is 11.5 Å². The van der Waals surface area contributed by atoms with Crippen LogP contribution in [0.15, 0.2) is 35.4 Å². The number of H-pyrrole nitrogens is 1. The van der Waals surface area contributed by atoms with Gasteiger partial charge in [0.2, 0.25) is 5.75 Å². The van der Waals surface area contributed by atoms with Crippen molar-refractivity contribution < 1.29 is 4.74 Å². The third kappa shape index (κ3) is 3.34. The predicted octanol–water partition coefficient (Wildman–Crippen LogP) is 1.78. The highest BCUT2D eigenvalue weighted by Gasteiger charge is 2.19. The minimum absolute atomic E-state index is 0.148. The molecule has 0 aliphatic heterocycles. The van der Waals surface area contributed by atoms with Crippen molar-refractivity contribution in [2.24, 2.45) is 0 Å². The van der Waals surface area contributed by atoms with Crippen molar-refractivity contribution >= 4 is 11.5 Å². The highest BCUT2D eigenvalue weighted by molar-refractivity contribution is 5.52. The Bertz CT molecular complexity index is 667. The summed E-state index contributed by atoms with van der Waals surface area (Å²) in [5, 5.41) is 0. The predicted molar refractivity (Wildman–Crippen MR) is 83.6 cm³/mol. The van der Waals surface area contributed by atoms with Gasteiger partial charge in [-0.3, -0.25) is 4.79 Å². The van der Waals surface area contributed by atoms with Crippen LogP contribution in [0.5, 0.6) is 5.75 Å². The second-order valence-corrected chi connectivity index (χ2v) is 5.06. The van der Waals surface area contributed by atoms with E-state index in [2.05, 4.69) is 9.97 Å². The van der Waals surface area contributed by atoms with E-state index in [1.165, 1.54) is 13.4 Å². The van der Waals surface area contributed by atoms with Gasteiger partial charge in [-0.15, -0.1) is 0 Å². The molecular weight excluding hydrogens is 268 g/mol. The van der Waals surface area contributed by atoms with E-state index < -0.39 is 0 Å². The summed E-state index contributed by atoms with van der Waals surface area (Å²) in [6, 6.07) is 7.80. The van der Waals surface area contributed by atoms with E-state index in [1.54, 1.807) is 0 Å². The Morgan fingerprint density at radius 3 is 2.81 bits per heavy atom. The first-order valence-corrected chi connectivity index (χ1v) is 6.75. The van der Waals surface area contributed by atoms with Crippen LogP contribution in [-0.2, 0) is 6.54 Å². The van der Waals surface area contributed by atoms with Crippen molar-refractivity contribution in [2.75, 3.05) is 17.7 Å². The number of benzene rings is 1. The van der Waals surface area contributed by atoms with E-state index in [9.17, 15) is 4.79 Å². The average molecular weight is 288 g/mol. The molecule has 2 aromatic rings. The van der Waals surface area contributed by atoms with E-state index in [1.807, 2.05) is 43.0 Å². The molecule has 21 heavy (non-hydrogen) atoms. The lowest BCUT2D eigenvalue weighted by Gasteiger charge is -2.28. The van der Waals surface area contributed by atoms with Gasteiger partial charge in [0.25, 0.3) is 5.56 Å². The lowest BCUT2D eigenvalue weighted by Crippen LogP contribution is -2.32. The third-order valence-electron chi connectivity index (χ3n) is 3.20. The maximum Gasteiger partial charge on any atom is 0.295 e. The standard InChI is InChI=1S/C15H20N4O2/c1-10(2)19(8-11-5-4-6-12(16)7-11)14-13(21-3)15(20)18-9-17-14/h4-7,9-10H,8,16H2,1-3H3,(H,17,18,20). The van der Waals surface area contributed by atoms with Gasteiger partial charge in [0.15, 0.2) is 5.82 Å². The lowest BCUT2D eigenvalue weighted by atomic mass is 10.1. The monoisotopic (exact) mass is 288 g/mol. The Balaban J connectivity index is 2.40. The Labute approximate surface area is 123 Å². The molecule has 0 spiro atoms. The molecule has 1 heterocycles. The van der Waals surface area contributed by atoms with Gasteiger partial charge >= 0.3 is 0 Å². The van der Waals surface area contributed by atoms with Gasteiger partial charge in [0, 0.05) is 18.3 Å². The maximum absolute atomic E-state index is 11.8. The lowest BCUT2D eigenvalue weighted by molar-refractivity contribution is 0.404. The van der Waals surface area contributed by atoms with Crippen LogP contribution in [0.1, 0.15) is 19.4 Å². The number of ether oxygens (including phenoxy) is 1. The summed E-state index contributed by atoms with van der Waals surface area (Å²) in [6.07, 6.45) is 1.38. The Morgan fingerprint density at radius 1 is 1.43 bits per heavy atom. The summed E-state index contributed by atoms with van der Waals surface area (Å²) in [6.45, 7) is 4.67. The molecule has 0 fully saturated rings. The van der Waals surface area contributed by atoms with Crippen LogP contribution in [-0.4, -0.2) is 23.1 Å². The first kappa shape index (κ1) is 14.9. The number of nitrogens with one attached hydrogen (secondary N) is 1. The molecular formula is C15H20N4O2. The van der Waals surface area contributed by atoms with Gasteiger partial charge in [0.05, 0.1) is 13.4 Å². The number of nitrogen functional groups attached to an aromatic ring is 1. The van der Waals surface area contributed by atoms with Gasteiger partial charge in [-0.05, 0) is 31.5 Å². The van der Waals surface area contributed by atoms with Gasteiger partial charge in [-0.1, -0.05) is 12.1 Å². The number of nitrogens with two attached hydrogens (primary N) is 1. The van der Waals surface area contributed by atoms with Crippen LogP contribution < -0.4 is 20.9 Å². The van der Waals surface area contributed by atoms with Crippen LogP contribution in [0.3, 0.4) is 0 Å². The van der Waals surface area contributed by atoms with Crippen molar-refractivity contribution in [2.45, 2.75) is 26.4 Å². The SMILES string of the molecule is COc1c(N(Cc2cccc(N)c2)C(C)C)nc[nH]c1=O. The van der Waals surface area contributed by atoms with E-state index in [0.717, 1.165) is 5.56 Å². The molecule has 0 unspecified atom stereocenters. The van der Waals surface area contributed by atoms with E-state index in [4.69, 9.17) is 10.5 Å². The zero-order valence-electron chi connectivity index (χ0n) is 12.5. The molecule has 1 aromatic heterocycles. The molecule has 0 saturated heterocycles. The largest absolute Gasteiger partial charge is 0.489 e. The Morgan fingerprint density at radius 2 is 2.19 bits per heavy atom. The molecule has 3 N–H and O–H groups in total. The number of hydrogen-bond donors (Lipinski definition) is 2. The summed E-state index contributed by atoms with van der Waals surface area (Å²) in [5.74, 6) is 0.744. The maximum atomic E-state index is 11.8. The number of anilines is 2. The molecule has 0 bridgehead atoms. The zero-order valence-corrected chi connectivity index (χ0v) is 12.5. The molecule has 112 valence electrons. The van der Waals surface area contributed by atoms with Crippen LogP contribution >= 0.6 is 0 Å². The van der Waals surface area contributed by atoms with Crippen LogP contribution in [0.2, 0.25) is 0 Å². The zero-order chi connectivity index (χ0) is 15.4. The van der Waals surface area contributed by atoms with Gasteiger partial charge < -0.3 is 20.4 Å². The quantitative estimate of drug-likeness (QED) is 0.819. The first-order valence-electron chi connectivity index (χ1n) is 6.75. The number of aromatic nitrogens is 2. The molecule has 0 aliphatic rings. The van der Waals surface area contributed by atoms with Gasteiger partial charge in [-0.25, -0.2) is 4.98 Å².